The molecule has 1 aliphatic carbocycles. The summed E-state index contributed by atoms with van der Waals surface area (Å²) in [5.74, 6) is 0.739. The summed E-state index contributed by atoms with van der Waals surface area (Å²) in [6.45, 7) is 7.21. The van der Waals surface area contributed by atoms with Crippen LogP contribution in [0.2, 0.25) is 0 Å². The van der Waals surface area contributed by atoms with E-state index in [1.54, 1.807) is 0 Å². The molecule has 0 saturated heterocycles. The van der Waals surface area contributed by atoms with Gasteiger partial charge in [0, 0.05) is 18.2 Å². The van der Waals surface area contributed by atoms with Crippen molar-refractivity contribution in [1.29, 1.82) is 0 Å². The van der Waals surface area contributed by atoms with Crippen LogP contribution in [0.1, 0.15) is 42.6 Å². The largest absolute Gasteiger partial charge is 0.335 e. The fraction of sp³-hybridized carbons (Fsp3) is 0.533. The number of rotatable bonds is 4. The first-order valence-electron chi connectivity index (χ1n) is 6.46. The Morgan fingerprint density at radius 3 is 2.53 bits per heavy atom. The summed E-state index contributed by atoms with van der Waals surface area (Å²) in [6, 6.07) is 8.36. The minimum atomic E-state index is 0.208. The van der Waals surface area contributed by atoms with Gasteiger partial charge in [0.2, 0.25) is 0 Å². The van der Waals surface area contributed by atoms with Gasteiger partial charge in [0.15, 0.2) is 0 Å². The average Bonchev–Trinajstić information content (AvgIpc) is 3.09. The molecule has 0 aliphatic heterocycles. The van der Waals surface area contributed by atoms with E-state index in [1.807, 2.05) is 31.2 Å². The number of amides is 1. The fourth-order valence-corrected chi connectivity index (χ4v) is 2.14. The van der Waals surface area contributed by atoms with Gasteiger partial charge in [-0.15, -0.1) is 0 Å². The van der Waals surface area contributed by atoms with Crippen LogP contribution in [0.15, 0.2) is 24.3 Å². The molecule has 2 heteroatoms. The Hall–Kier alpha value is -1.31. The molecule has 92 valence electrons. The Morgan fingerprint density at radius 2 is 2.00 bits per heavy atom. The second kappa shape index (κ2) is 4.91. The quantitative estimate of drug-likeness (QED) is 0.779. The Bertz CT molecular complexity index is 407. The van der Waals surface area contributed by atoms with Crippen molar-refractivity contribution < 1.29 is 4.79 Å². The molecule has 0 heterocycles. The summed E-state index contributed by atoms with van der Waals surface area (Å²) < 4.78 is 0. The number of benzene rings is 1. The molecule has 0 unspecified atom stereocenters. The molecule has 1 aromatic rings. The molecule has 1 amide bonds. The van der Waals surface area contributed by atoms with E-state index in [4.69, 9.17) is 0 Å². The lowest BCUT2D eigenvalue weighted by molar-refractivity contribution is 0.0722. The van der Waals surface area contributed by atoms with Crippen LogP contribution < -0.4 is 0 Å². The zero-order valence-corrected chi connectivity index (χ0v) is 10.9. The minimum absolute atomic E-state index is 0.208. The monoisotopic (exact) mass is 231 g/mol. The van der Waals surface area contributed by atoms with Gasteiger partial charge in [-0.2, -0.15) is 0 Å². The zero-order chi connectivity index (χ0) is 12.4. The van der Waals surface area contributed by atoms with Crippen LogP contribution in [-0.2, 0) is 0 Å². The Kier molecular flexibility index (Phi) is 3.51. The highest BCUT2D eigenvalue weighted by Gasteiger charge is 2.33. The highest BCUT2D eigenvalue weighted by atomic mass is 16.2. The Balaban J connectivity index is 2.19. The summed E-state index contributed by atoms with van der Waals surface area (Å²) in [7, 11) is 0. The first-order chi connectivity index (χ1) is 8.09. The molecule has 0 bridgehead atoms. The molecule has 1 fully saturated rings. The van der Waals surface area contributed by atoms with Gasteiger partial charge in [0.1, 0.15) is 0 Å². The number of nitrogens with zero attached hydrogens (tertiary/aromatic N) is 1. The van der Waals surface area contributed by atoms with Gasteiger partial charge in [-0.1, -0.05) is 32.0 Å². The number of hydrogen-bond acceptors (Lipinski definition) is 1. The minimum Gasteiger partial charge on any atom is -0.335 e. The third-order valence-electron chi connectivity index (χ3n) is 3.19. The lowest BCUT2D eigenvalue weighted by atomic mass is 10.1. The van der Waals surface area contributed by atoms with Gasteiger partial charge < -0.3 is 4.90 Å². The van der Waals surface area contributed by atoms with Crippen LogP contribution in [0, 0.1) is 12.8 Å². The summed E-state index contributed by atoms with van der Waals surface area (Å²) >= 11 is 0. The molecule has 2 rings (SSSR count). The molecule has 0 radical (unpaired) electrons. The number of carbonyl (C=O) groups excluding carboxylic acids is 1. The van der Waals surface area contributed by atoms with E-state index in [0.29, 0.717) is 12.0 Å². The molecule has 2 nitrogen and oxygen atoms in total. The topological polar surface area (TPSA) is 20.3 Å². The standard InChI is InChI=1S/C15H21NO/c1-11(2)10-16(13-8-9-13)15(17)14-7-5-4-6-12(14)3/h4-7,11,13H,8-10H2,1-3H3. The van der Waals surface area contributed by atoms with Gasteiger partial charge >= 0.3 is 0 Å². The highest BCUT2D eigenvalue weighted by molar-refractivity contribution is 5.96. The maximum absolute atomic E-state index is 12.5. The predicted octanol–water partition coefficient (Wildman–Crippen LogP) is 3.26. The summed E-state index contributed by atoms with van der Waals surface area (Å²) in [5, 5.41) is 0. The van der Waals surface area contributed by atoms with Crippen LogP contribution in [-0.4, -0.2) is 23.4 Å². The molecular weight excluding hydrogens is 210 g/mol. The van der Waals surface area contributed by atoms with Gasteiger partial charge in [0.25, 0.3) is 5.91 Å². The van der Waals surface area contributed by atoms with Crippen LogP contribution in [0.25, 0.3) is 0 Å². The van der Waals surface area contributed by atoms with E-state index in [0.717, 1.165) is 17.7 Å². The SMILES string of the molecule is Cc1ccccc1C(=O)N(CC(C)C)C1CC1. The molecule has 1 saturated carbocycles. The van der Waals surface area contributed by atoms with Gasteiger partial charge in [-0.05, 0) is 37.3 Å². The number of carbonyl (C=O) groups is 1. The first-order valence-corrected chi connectivity index (χ1v) is 6.46. The average molecular weight is 231 g/mol. The van der Waals surface area contributed by atoms with E-state index >= 15 is 0 Å². The van der Waals surface area contributed by atoms with E-state index in [2.05, 4.69) is 18.7 Å². The summed E-state index contributed by atoms with van der Waals surface area (Å²) in [4.78, 5) is 14.6. The predicted molar refractivity (Wildman–Crippen MR) is 70.1 cm³/mol. The van der Waals surface area contributed by atoms with Crippen molar-refractivity contribution >= 4 is 5.91 Å². The second-order valence-electron chi connectivity index (χ2n) is 5.40. The maximum Gasteiger partial charge on any atom is 0.254 e. The number of aryl methyl sites for hydroxylation is 1. The van der Waals surface area contributed by atoms with Gasteiger partial charge in [0.05, 0.1) is 0 Å². The van der Waals surface area contributed by atoms with Crippen LogP contribution in [0.4, 0.5) is 0 Å². The third-order valence-corrected chi connectivity index (χ3v) is 3.19. The van der Waals surface area contributed by atoms with Crippen LogP contribution in [0.3, 0.4) is 0 Å². The lowest BCUT2D eigenvalue weighted by Crippen LogP contribution is -2.36. The lowest BCUT2D eigenvalue weighted by Gasteiger charge is -2.25. The van der Waals surface area contributed by atoms with Crippen molar-refractivity contribution in [3.8, 4) is 0 Å². The normalized spacial score (nSPS) is 15.1. The Morgan fingerprint density at radius 1 is 1.35 bits per heavy atom. The van der Waals surface area contributed by atoms with Crippen molar-refractivity contribution in [3.05, 3.63) is 35.4 Å². The molecule has 1 aliphatic rings. The van der Waals surface area contributed by atoms with Crippen molar-refractivity contribution in [2.24, 2.45) is 5.92 Å². The van der Waals surface area contributed by atoms with E-state index < -0.39 is 0 Å². The van der Waals surface area contributed by atoms with E-state index in [-0.39, 0.29) is 5.91 Å². The van der Waals surface area contributed by atoms with Crippen LogP contribution in [0.5, 0.6) is 0 Å². The van der Waals surface area contributed by atoms with Crippen LogP contribution >= 0.6 is 0 Å². The van der Waals surface area contributed by atoms with Crippen molar-refractivity contribution in [1.82, 2.24) is 4.90 Å². The fourth-order valence-electron chi connectivity index (χ4n) is 2.14. The molecule has 0 atom stereocenters. The van der Waals surface area contributed by atoms with Gasteiger partial charge in [-0.25, -0.2) is 0 Å². The van der Waals surface area contributed by atoms with E-state index in [1.165, 1.54) is 12.8 Å². The summed E-state index contributed by atoms with van der Waals surface area (Å²) in [5.41, 5.74) is 1.94. The molecule has 0 spiro atoms. The van der Waals surface area contributed by atoms with Crippen molar-refractivity contribution in [2.45, 2.75) is 39.7 Å². The third kappa shape index (κ3) is 2.87. The molecule has 0 N–H and O–H groups in total. The first kappa shape index (κ1) is 12.2. The zero-order valence-electron chi connectivity index (χ0n) is 10.9. The number of hydrogen-bond donors (Lipinski definition) is 0. The van der Waals surface area contributed by atoms with E-state index in [9.17, 15) is 4.79 Å². The van der Waals surface area contributed by atoms with Crippen molar-refractivity contribution in [3.63, 3.8) is 0 Å². The maximum atomic E-state index is 12.5. The molecule has 17 heavy (non-hydrogen) atoms. The smallest absolute Gasteiger partial charge is 0.254 e. The van der Waals surface area contributed by atoms with Crippen molar-refractivity contribution in [2.75, 3.05) is 6.54 Å². The molecule has 1 aromatic carbocycles. The molecular formula is C15H21NO. The van der Waals surface area contributed by atoms with Gasteiger partial charge in [-0.3, -0.25) is 4.79 Å². The second-order valence-corrected chi connectivity index (χ2v) is 5.40. The molecule has 0 aromatic heterocycles. The Labute approximate surface area is 104 Å². The summed E-state index contributed by atoms with van der Waals surface area (Å²) in [6.07, 6.45) is 2.34. The highest BCUT2D eigenvalue weighted by Crippen LogP contribution is 2.29.